The molecule has 1 aliphatic heterocycles. The normalized spacial score (nSPS) is 12.1. The molecule has 158 valence electrons. The summed E-state index contributed by atoms with van der Waals surface area (Å²) in [5, 5.41) is 8.49. The van der Waals surface area contributed by atoms with Gasteiger partial charge in [-0.3, -0.25) is 4.79 Å². The van der Waals surface area contributed by atoms with Gasteiger partial charge in [-0.15, -0.1) is 9.78 Å². The third kappa shape index (κ3) is 3.43. The van der Waals surface area contributed by atoms with Crippen molar-refractivity contribution in [1.29, 1.82) is 0 Å². The topological polar surface area (TPSA) is 77.3 Å². The highest BCUT2D eigenvalue weighted by molar-refractivity contribution is 5.99. The molecule has 0 saturated carbocycles. The average molecular weight is 424 g/mol. The van der Waals surface area contributed by atoms with E-state index in [0.717, 1.165) is 27.9 Å². The maximum atomic E-state index is 13.0. The highest BCUT2D eigenvalue weighted by Crippen LogP contribution is 2.40. The first-order chi connectivity index (χ1) is 15.6. The highest BCUT2D eigenvalue weighted by atomic mass is 16.6. The lowest BCUT2D eigenvalue weighted by Gasteiger charge is -2.27. The molecular formula is C25H20N4O3. The maximum Gasteiger partial charge on any atom is 0.437 e. The fourth-order valence-corrected chi connectivity index (χ4v) is 3.95. The summed E-state index contributed by atoms with van der Waals surface area (Å²) in [6.45, 7) is 2.04. The number of benzene rings is 3. The number of carbonyl (C=O) groups excluding carboxylic acids is 2. The van der Waals surface area contributed by atoms with Crippen LogP contribution in [0.4, 0.5) is 10.5 Å². The molecule has 7 heteroatoms. The number of para-hydroxylation sites is 1. The van der Waals surface area contributed by atoms with E-state index < -0.39 is 6.09 Å². The van der Waals surface area contributed by atoms with Gasteiger partial charge in [0.2, 0.25) is 5.91 Å². The Morgan fingerprint density at radius 3 is 2.38 bits per heavy atom. The van der Waals surface area contributed by atoms with Crippen LogP contribution in [-0.4, -0.2) is 27.0 Å². The molecule has 4 aromatic rings. The van der Waals surface area contributed by atoms with Crippen LogP contribution < -0.4 is 4.90 Å². The van der Waals surface area contributed by atoms with Crippen molar-refractivity contribution in [3.05, 3.63) is 90.0 Å². The Hall–Kier alpha value is -4.26. The van der Waals surface area contributed by atoms with Crippen molar-refractivity contribution in [3.63, 3.8) is 0 Å². The minimum atomic E-state index is -0.612. The monoisotopic (exact) mass is 424 g/mol. The first kappa shape index (κ1) is 19.7. The molecule has 0 saturated heterocycles. The maximum absolute atomic E-state index is 13.0. The number of fused-ring (bicyclic) bond motifs is 5. The standard InChI is InChI=1S/C25H20N4O3/c1-17(30)28-15-19-11-5-6-12-20(19)24-23(21-13-7-8-14-22(21)28)26-27-29(24)25(31)32-16-18-9-3-2-4-10-18/h2-14H,15-16H2,1H3. The van der Waals surface area contributed by atoms with Crippen LogP contribution >= 0.6 is 0 Å². The quantitative estimate of drug-likeness (QED) is 0.468. The fourth-order valence-electron chi connectivity index (χ4n) is 3.95. The molecule has 0 bridgehead atoms. The molecule has 0 fully saturated rings. The summed E-state index contributed by atoms with van der Waals surface area (Å²) in [6, 6.07) is 24.6. The molecule has 0 radical (unpaired) electrons. The molecule has 0 unspecified atom stereocenters. The van der Waals surface area contributed by atoms with Gasteiger partial charge in [-0.2, -0.15) is 0 Å². The zero-order valence-electron chi connectivity index (χ0n) is 17.4. The predicted molar refractivity (Wildman–Crippen MR) is 120 cm³/mol. The van der Waals surface area contributed by atoms with E-state index in [1.165, 1.54) is 4.68 Å². The number of hydrogen-bond donors (Lipinski definition) is 0. The smallest absolute Gasteiger partial charge is 0.437 e. The van der Waals surface area contributed by atoms with Gasteiger partial charge < -0.3 is 9.64 Å². The van der Waals surface area contributed by atoms with Crippen molar-refractivity contribution in [2.75, 3.05) is 4.90 Å². The Labute approximate surface area is 184 Å². The van der Waals surface area contributed by atoms with E-state index in [4.69, 9.17) is 4.74 Å². The number of carbonyl (C=O) groups is 2. The second-order valence-corrected chi connectivity index (χ2v) is 7.52. The first-order valence-corrected chi connectivity index (χ1v) is 10.3. The van der Waals surface area contributed by atoms with Crippen molar-refractivity contribution in [1.82, 2.24) is 15.0 Å². The van der Waals surface area contributed by atoms with Crippen molar-refractivity contribution < 1.29 is 14.3 Å². The lowest BCUT2D eigenvalue weighted by Crippen LogP contribution is -2.29. The van der Waals surface area contributed by atoms with Crippen molar-refractivity contribution >= 4 is 17.7 Å². The summed E-state index contributed by atoms with van der Waals surface area (Å²) in [5.74, 6) is -0.0784. The van der Waals surface area contributed by atoms with Crippen LogP contribution in [0.5, 0.6) is 0 Å². The average Bonchev–Trinajstić information content (AvgIpc) is 3.25. The van der Waals surface area contributed by atoms with Gasteiger partial charge in [0.1, 0.15) is 18.0 Å². The fraction of sp³-hybridized carbons (Fsp3) is 0.120. The molecule has 1 amide bonds. The van der Waals surface area contributed by atoms with Crippen molar-refractivity contribution in [2.24, 2.45) is 0 Å². The van der Waals surface area contributed by atoms with Gasteiger partial charge in [0, 0.05) is 18.1 Å². The predicted octanol–water partition coefficient (Wildman–Crippen LogP) is 4.66. The Bertz CT molecular complexity index is 1310. The SMILES string of the molecule is CC(=O)N1Cc2ccccc2-c2c(nnn2C(=O)OCc2ccccc2)-c2ccccc21. The van der Waals surface area contributed by atoms with Crippen LogP contribution in [0, 0.1) is 0 Å². The summed E-state index contributed by atoms with van der Waals surface area (Å²) in [7, 11) is 0. The van der Waals surface area contributed by atoms with Gasteiger partial charge >= 0.3 is 6.09 Å². The van der Waals surface area contributed by atoms with Crippen LogP contribution in [0.3, 0.4) is 0 Å². The number of amides is 1. The van der Waals surface area contributed by atoms with Crippen LogP contribution in [0.15, 0.2) is 78.9 Å². The minimum Gasteiger partial charge on any atom is -0.443 e. The number of hydrogen-bond acceptors (Lipinski definition) is 5. The van der Waals surface area contributed by atoms with Crippen molar-refractivity contribution in [3.8, 4) is 22.5 Å². The van der Waals surface area contributed by atoms with Crippen LogP contribution in [0.25, 0.3) is 22.5 Å². The van der Waals surface area contributed by atoms with Gasteiger partial charge in [0.25, 0.3) is 0 Å². The molecule has 0 N–H and O–H groups in total. The summed E-state index contributed by atoms with van der Waals surface area (Å²) in [6.07, 6.45) is -0.612. The number of nitrogens with zero attached hydrogens (tertiary/aromatic N) is 4. The second kappa shape index (κ2) is 8.11. The van der Waals surface area contributed by atoms with E-state index in [9.17, 15) is 9.59 Å². The van der Waals surface area contributed by atoms with Gasteiger partial charge in [-0.05, 0) is 17.2 Å². The van der Waals surface area contributed by atoms with E-state index in [-0.39, 0.29) is 12.5 Å². The number of anilines is 1. The molecular weight excluding hydrogens is 404 g/mol. The molecule has 0 atom stereocenters. The van der Waals surface area contributed by atoms with Gasteiger partial charge in [0.15, 0.2) is 0 Å². The van der Waals surface area contributed by atoms with Gasteiger partial charge in [-0.1, -0.05) is 78.0 Å². The minimum absolute atomic E-state index is 0.0784. The molecule has 2 heterocycles. The molecule has 0 aliphatic carbocycles. The molecule has 0 spiro atoms. The van der Waals surface area contributed by atoms with E-state index in [1.807, 2.05) is 78.9 Å². The summed E-state index contributed by atoms with van der Waals surface area (Å²) >= 11 is 0. The van der Waals surface area contributed by atoms with Gasteiger partial charge in [0.05, 0.1) is 12.2 Å². The molecule has 3 aromatic carbocycles. The van der Waals surface area contributed by atoms with E-state index in [1.54, 1.807) is 11.8 Å². The molecule has 1 aliphatic rings. The summed E-state index contributed by atoms with van der Waals surface area (Å²) < 4.78 is 6.74. The van der Waals surface area contributed by atoms with E-state index >= 15 is 0 Å². The Morgan fingerprint density at radius 2 is 1.59 bits per heavy atom. The van der Waals surface area contributed by atoms with Gasteiger partial charge in [-0.25, -0.2) is 4.79 Å². The lowest BCUT2D eigenvalue weighted by atomic mass is 9.95. The van der Waals surface area contributed by atoms with E-state index in [0.29, 0.717) is 17.9 Å². The Kier molecular flexibility index (Phi) is 4.99. The van der Waals surface area contributed by atoms with Crippen LogP contribution in [-0.2, 0) is 22.7 Å². The second-order valence-electron chi connectivity index (χ2n) is 7.52. The third-order valence-electron chi connectivity index (χ3n) is 5.48. The highest BCUT2D eigenvalue weighted by Gasteiger charge is 2.29. The number of aromatic nitrogens is 3. The molecule has 32 heavy (non-hydrogen) atoms. The Balaban J connectivity index is 1.64. The number of ether oxygens (including phenoxy) is 1. The van der Waals surface area contributed by atoms with E-state index in [2.05, 4.69) is 10.3 Å². The van der Waals surface area contributed by atoms with Crippen molar-refractivity contribution in [2.45, 2.75) is 20.1 Å². The lowest BCUT2D eigenvalue weighted by molar-refractivity contribution is -0.116. The third-order valence-corrected chi connectivity index (χ3v) is 5.48. The molecule has 5 rings (SSSR count). The number of rotatable bonds is 2. The zero-order valence-corrected chi connectivity index (χ0v) is 17.4. The first-order valence-electron chi connectivity index (χ1n) is 10.3. The zero-order chi connectivity index (χ0) is 22.1. The molecule has 7 nitrogen and oxygen atoms in total. The Morgan fingerprint density at radius 1 is 0.906 bits per heavy atom. The van der Waals surface area contributed by atoms with Crippen LogP contribution in [0.1, 0.15) is 18.1 Å². The summed E-state index contributed by atoms with van der Waals surface area (Å²) in [4.78, 5) is 27.2. The summed E-state index contributed by atoms with van der Waals surface area (Å²) in [5.41, 5.74) is 5.08. The largest absolute Gasteiger partial charge is 0.443 e. The van der Waals surface area contributed by atoms with Crippen LogP contribution in [0.2, 0.25) is 0 Å². The molecule has 1 aromatic heterocycles.